The smallest absolute Gasteiger partial charge is 0.329 e. The van der Waals surface area contributed by atoms with Gasteiger partial charge in [-0.15, -0.1) is 23.5 Å². The summed E-state index contributed by atoms with van der Waals surface area (Å²) in [5.41, 5.74) is 2.27. The van der Waals surface area contributed by atoms with Crippen LogP contribution in [0.1, 0.15) is 84.8 Å². The molecule has 0 aromatic heterocycles. The molecule has 0 N–H and O–H groups in total. The lowest BCUT2D eigenvalue weighted by Crippen LogP contribution is -2.57. The van der Waals surface area contributed by atoms with Gasteiger partial charge in [-0.1, -0.05) is 99.7 Å². The third-order valence-electron chi connectivity index (χ3n) is 13.0. The molecule has 274 valence electrons. The highest BCUT2D eigenvalue weighted by Gasteiger charge is 2.73. The van der Waals surface area contributed by atoms with Crippen molar-refractivity contribution >= 4 is 45.3 Å². The van der Waals surface area contributed by atoms with Crippen LogP contribution >= 0.6 is 23.5 Å². The van der Waals surface area contributed by atoms with Crippen LogP contribution in [-0.2, 0) is 19.1 Å². The molecule has 53 heavy (non-hydrogen) atoms. The Labute approximate surface area is 322 Å². The standard InChI is InChI=1S/C45H48N2O4S2/c1-7-50-40(48)42(4,26-46)45(27-47,41(49)51-8-2)39-36(31-22-16-11-17-23-31)28(3)37-32-24-34(29-18-12-9-13-19-29)52-43(32,5)44(6)33(38(37)39)25-35(53-44)30-20-14-10-15-21-30/h9-10,12-15,18-21,24-25,28,31,36,39H,7-8,11,16-17,22-23H2,1-6H3. The van der Waals surface area contributed by atoms with Crippen molar-refractivity contribution in [2.24, 2.45) is 34.5 Å². The predicted octanol–water partition coefficient (Wildman–Crippen LogP) is 10.3. The van der Waals surface area contributed by atoms with E-state index < -0.39 is 38.2 Å². The van der Waals surface area contributed by atoms with Crippen LogP contribution in [-0.4, -0.2) is 34.6 Å². The van der Waals surface area contributed by atoms with Gasteiger partial charge in [0.15, 0.2) is 10.8 Å². The molecule has 8 heteroatoms. The van der Waals surface area contributed by atoms with Gasteiger partial charge in [0, 0.05) is 15.7 Å². The minimum absolute atomic E-state index is 0.00628. The average molecular weight is 745 g/mol. The van der Waals surface area contributed by atoms with Gasteiger partial charge >= 0.3 is 11.9 Å². The summed E-state index contributed by atoms with van der Waals surface area (Å²) in [4.78, 5) is 31.4. The van der Waals surface area contributed by atoms with Gasteiger partial charge in [0.1, 0.15) is 0 Å². The molecule has 2 aromatic rings. The molecule has 7 atom stereocenters. The number of hydrogen-bond acceptors (Lipinski definition) is 8. The maximum atomic E-state index is 14.9. The van der Waals surface area contributed by atoms with E-state index in [9.17, 15) is 20.1 Å². The van der Waals surface area contributed by atoms with E-state index in [1.807, 2.05) is 47.8 Å². The van der Waals surface area contributed by atoms with Crippen molar-refractivity contribution in [1.29, 1.82) is 10.5 Å². The Morgan fingerprint density at radius 2 is 1.26 bits per heavy atom. The number of rotatable bonds is 9. The molecule has 0 amide bonds. The highest BCUT2D eigenvalue weighted by atomic mass is 32.2. The molecule has 7 rings (SSSR count). The van der Waals surface area contributed by atoms with E-state index in [2.05, 4.69) is 81.5 Å². The lowest BCUT2D eigenvalue weighted by atomic mass is 9.52. The lowest BCUT2D eigenvalue weighted by Gasteiger charge is -2.49. The number of fused-ring (bicyclic) bond motifs is 4. The highest BCUT2D eigenvalue weighted by Crippen LogP contribution is 2.74. The molecular weight excluding hydrogens is 697 g/mol. The van der Waals surface area contributed by atoms with Crippen molar-refractivity contribution in [2.45, 2.75) is 83.1 Å². The molecule has 7 unspecified atom stereocenters. The molecular formula is C45H48N2O4S2. The second kappa shape index (κ2) is 14.0. The second-order valence-corrected chi connectivity index (χ2v) is 18.4. The molecule has 0 spiro atoms. The van der Waals surface area contributed by atoms with E-state index in [0.29, 0.717) is 0 Å². The molecule has 0 saturated heterocycles. The summed E-state index contributed by atoms with van der Waals surface area (Å²) >= 11 is 3.73. The Morgan fingerprint density at radius 1 is 0.774 bits per heavy atom. The zero-order valence-electron chi connectivity index (χ0n) is 31.5. The van der Waals surface area contributed by atoms with Gasteiger partial charge in [-0.3, -0.25) is 9.59 Å². The topological polar surface area (TPSA) is 100 Å². The van der Waals surface area contributed by atoms with Gasteiger partial charge in [0.05, 0.1) is 34.8 Å². The molecule has 3 aliphatic carbocycles. The van der Waals surface area contributed by atoms with Crippen molar-refractivity contribution in [2.75, 3.05) is 13.2 Å². The molecule has 0 bridgehead atoms. The lowest BCUT2D eigenvalue weighted by molar-refractivity contribution is -0.175. The molecule has 0 radical (unpaired) electrons. The summed E-state index contributed by atoms with van der Waals surface area (Å²) in [7, 11) is 0. The number of nitriles is 2. The normalized spacial score (nSPS) is 30.1. The van der Waals surface area contributed by atoms with Crippen molar-refractivity contribution in [3.8, 4) is 12.1 Å². The van der Waals surface area contributed by atoms with Gasteiger partial charge in [-0.25, -0.2) is 0 Å². The Balaban J connectivity index is 1.61. The van der Waals surface area contributed by atoms with E-state index in [1.54, 1.807) is 13.8 Å². The number of nitrogens with zero attached hydrogens (tertiary/aromatic N) is 2. The van der Waals surface area contributed by atoms with E-state index >= 15 is 0 Å². The number of esters is 2. The first-order chi connectivity index (χ1) is 25.5. The van der Waals surface area contributed by atoms with Gasteiger partial charge in [0.2, 0.25) is 0 Å². The van der Waals surface area contributed by atoms with Gasteiger partial charge < -0.3 is 9.47 Å². The van der Waals surface area contributed by atoms with Crippen molar-refractivity contribution in [3.63, 3.8) is 0 Å². The Hall–Kier alpha value is -3.98. The first-order valence-corrected chi connectivity index (χ1v) is 20.7. The molecule has 6 nitrogen and oxygen atoms in total. The number of allylic oxidation sites excluding steroid dienone is 4. The molecule has 2 heterocycles. The molecule has 2 aromatic carbocycles. The minimum atomic E-state index is -2.19. The zero-order valence-corrected chi connectivity index (χ0v) is 33.2. The van der Waals surface area contributed by atoms with Crippen LogP contribution in [0.4, 0.5) is 0 Å². The van der Waals surface area contributed by atoms with E-state index in [4.69, 9.17) is 9.47 Å². The fourth-order valence-corrected chi connectivity index (χ4v) is 13.4. The number of benzene rings is 2. The maximum Gasteiger partial charge on any atom is 0.329 e. The summed E-state index contributed by atoms with van der Waals surface area (Å²) in [5.74, 6) is -2.58. The third-order valence-corrected chi connectivity index (χ3v) is 16.3. The Kier molecular flexibility index (Phi) is 9.88. The summed E-state index contributed by atoms with van der Waals surface area (Å²) in [6, 6.07) is 25.5. The molecule has 2 saturated carbocycles. The minimum Gasteiger partial charge on any atom is -0.465 e. The summed E-state index contributed by atoms with van der Waals surface area (Å²) in [6.07, 6.45) is 9.80. The van der Waals surface area contributed by atoms with Crippen LogP contribution < -0.4 is 0 Å². The summed E-state index contributed by atoms with van der Waals surface area (Å²) < 4.78 is 10.5. The van der Waals surface area contributed by atoms with Crippen molar-refractivity contribution in [3.05, 3.63) is 106 Å². The van der Waals surface area contributed by atoms with Crippen molar-refractivity contribution in [1.82, 2.24) is 0 Å². The molecule has 5 aliphatic rings. The Bertz CT molecular complexity index is 2030. The predicted molar refractivity (Wildman–Crippen MR) is 213 cm³/mol. The summed E-state index contributed by atoms with van der Waals surface area (Å²) in [6.45, 7) is 11.8. The third kappa shape index (κ3) is 5.34. The second-order valence-electron chi connectivity index (χ2n) is 15.5. The van der Waals surface area contributed by atoms with Crippen LogP contribution in [0.2, 0.25) is 0 Å². The van der Waals surface area contributed by atoms with Crippen molar-refractivity contribution < 1.29 is 19.1 Å². The van der Waals surface area contributed by atoms with Gasteiger partial charge in [0.25, 0.3) is 0 Å². The first kappa shape index (κ1) is 37.3. The molecule has 2 fully saturated rings. The first-order valence-electron chi connectivity index (χ1n) is 19.1. The summed E-state index contributed by atoms with van der Waals surface area (Å²) in [5, 5.41) is 22.8. The van der Waals surface area contributed by atoms with E-state index in [-0.39, 0.29) is 31.0 Å². The Morgan fingerprint density at radius 3 is 1.74 bits per heavy atom. The number of ether oxygens (including phenoxy) is 2. The van der Waals surface area contributed by atoms with Crippen LogP contribution in [0.25, 0.3) is 9.81 Å². The largest absolute Gasteiger partial charge is 0.465 e. The average Bonchev–Trinajstić information content (AvgIpc) is 3.83. The van der Waals surface area contributed by atoms with Gasteiger partial charge in [-0.05, 0) is 97.9 Å². The van der Waals surface area contributed by atoms with Crippen LogP contribution in [0, 0.1) is 57.2 Å². The fourth-order valence-electron chi connectivity index (χ4n) is 10.2. The van der Waals surface area contributed by atoms with E-state index in [0.717, 1.165) is 64.9 Å². The van der Waals surface area contributed by atoms with Crippen LogP contribution in [0.15, 0.2) is 95.1 Å². The van der Waals surface area contributed by atoms with E-state index in [1.165, 1.54) is 17.4 Å². The highest BCUT2D eigenvalue weighted by molar-refractivity contribution is 8.14. The van der Waals surface area contributed by atoms with Crippen LogP contribution in [0.5, 0.6) is 0 Å². The fraction of sp³-hybridized carbons (Fsp3) is 0.467. The number of hydrogen-bond donors (Lipinski definition) is 0. The SMILES string of the molecule is CCOC(=O)C(C)(C#N)C(C#N)(C(=O)OCC)C1C2=C3C=C(c4ccccc4)SC3(C)C3(C)SC(c4ccccc4)=CC3=C2C(C)C1C1CCCCC1. The zero-order chi connectivity index (χ0) is 37.8. The maximum absolute atomic E-state index is 14.9. The quantitative estimate of drug-likeness (QED) is 0.234. The molecule has 2 aliphatic heterocycles. The van der Waals surface area contributed by atoms with Crippen LogP contribution in [0.3, 0.4) is 0 Å². The number of thioether (sulfide) groups is 2. The van der Waals surface area contributed by atoms with Gasteiger partial charge in [-0.2, -0.15) is 10.5 Å². The monoisotopic (exact) mass is 744 g/mol. The number of carbonyl (C=O) groups is 2. The number of carbonyl (C=O) groups excluding carboxylic acids is 2.